The van der Waals surface area contributed by atoms with Gasteiger partial charge < -0.3 is 4.74 Å². The first-order chi connectivity index (χ1) is 5.51. The van der Waals surface area contributed by atoms with Crippen molar-refractivity contribution in [3.63, 3.8) is 0 Å². The van der Waals surface area contributed by atoms with Crippen molar-refractivity contribution in [2.24, 2.45) is 11.3 Å². The third-order valence-electron chi connectivity index (χ3n) is 1.96. The van der Waals surface area contributed by atoms with Gasteiger partial charge in [-0.25, -0.2) is 0 Å². The van der Waals surface area contributed by atoms with Gasteiger partial charge >= 0.3 is 0 Å². The van der Waals surface area contributed by atoms with Crippen LogP contribution in [-0.2, 0) is 9.53 Å². The van der Waals surface area contributed by atoms with E-state index in [-0.39, 0.29) is 0 Å². The van der Waals surface area contributed by atoms with Crippen LogP contribution in [0, 0.1) is 11.3 Å². The molecule has 2 heteroatoms. The molecule has 0 aromatic rings. The number of ether oxygens (including phenoxy) is 1. The molecule has 68 valence electrons. The lowest BCUT2D eigenvalue weighted by atomic mass is 9.78. The van der Waals surface area contributed by atoms with Gasteiger partial charge in [0, 0.05) is 6.42 Å². The minimum Gasteiger partial charge on any atom is -0.434 e. The summed E-state index contributed by atoms with van der Waals surface area (Å²) in [5.74, 6) is 1.44. The predicted molar refractivity (Wildman–Crippen MR) is 47.4 cm³/mol. The smallest absolute Gasteiger partial charge is 0.298 e. The van der Waals surface area contributed by atoms with Crippen molar-refractivity contribution in [3.05, 3.63) is 11.8 Å². The lowest BCUT2D eigenvalue weighted by Crippen LogP contribution is -2.19. The zero-order chi connectivity index (χ0) is 9.19. The summed E-state index contributed by atoms with van der Waals surface area (Å²) in [5, 5.41) is 0. The van der Waals surface area contributed by atoms with E-state index in [1.165, 1.54) is 6.42 Å². The fraction of sp³-hybridized carbons (Fsp3) is 0.700. The van der Waals surface area contributed by atoms with Crippen LogP contribution in [0.25, 0.3) is 0 Å². The quantitative estimate of drug-likeness (QED) is 0.605. The van der Waals surface area contributed by atoms with Crippen LogP contribution >= 0.6 is 0 Å². The van der Waals surface area contributed by atoms with Gasteiger partial charge in [-0.05, 0) is 23.8 Å². The van der Waals surface area contributed by atoms with Crippen LogP contribution in [0.4, 0.5) is 0 Å². The minimum atomic E-state index is 0.369. The van der Waals surface area contributed by atoms with Crippen LogP contribution in [0.3, 0.4) is 0 Å². The Morgan fingerprint density at radius 3 is 2.67 bits per heavy atom. The molecule has 0 fully saturated rings. The van der Waals surface area contributed by atoms with Gasteiger partial charge in [0.2, 0.25) is 0 Å². The molecule has 0 radical (unpaired) electrons. The Balaban J connectivity index is 2.29. The molecule has 0 aliphatic heterocycles. The number of allylic oxidation sites excluding steroid dienone is 2. The normalized spacial score (nSPS) is 22.6. The second-order valence-electron chi connectivity index (χ2n) is 4.58. The zero-order valence-electron chi connectivity index (χ0n) is 7.96. The van der Waals surface area contributed by atoms with Crippen molar-refractivity contribution >= 4 is 6.47 Å². The second kappa shape index (κ2) is 3.30. The van der Waals surface area contributed by atoms with Crippen molar-refractivity contribution in [1.82, 2.24) is 0 Å². The second-order valence-corrected chi connectivity index (χ2v) is 4.58. The molecule has 0 heterocycles. The largest absolute Gasteiger partial charge is 0.434 e. The first kappa shape index (κ1) is 9.30. The number of hydrogen-bond donors (Lipinski definition) is 0. The van der Waals surface area contributed by atoms with Crippen molar-refractivity contribution in [3.8, 4) is 0 Å². The standard InChI is InChI=1S/C10H16O2/c1-10(2,3)6-8-4-9(5-8)12-7-11/h4,7-8H,5-6H2,1-3H3. The van der Waals surface area contributed by atoms with E-state index in [1.807, 2.05) is 6.08 Å². The summed E-state index contributed by atoms with van der Waals surface area (Å²) >= 11 is 0. The molecule has 0 N–H and O–H groups in total. The van der Waals surface area contributed by atoms with Gasteiger partial charge in [0.25, 0.3) is 6.47 Å². The Labute approximate surface area is 73.6 Å². The van der Waals surface area contributed by atoms with Gasteiger partial charge in [-0.1, -0.05) is 20.8 Å². The average molecular weight is 168 g/mol. The van der Waals surface area contributed by atoms with E-state index in [4.69, 9.17) is 4.74 Å². The molecule has 0 aromatic heterocycles. The minimum absolute atomic E-state index is 0.369. The molecule has 0 bridgehead atoms. The maximum Gasteiger partial charge on any atom is 0.298 e. The summed E-state index contributed by atoms with van der Waals surface area (Å²) < 4.78 is 4.70. The Hall–Kier alpha value is -0.790. The molecular weight excluding hydrogens is 152 g/mol. The van der Waals surface area contributed by atoms with Crippen molar-refractivity contribution < 1.29 is 9.53 Å². The molecular formula is C10H16O2. The SMILES string of the molecule is CC(C)(C)CC1C=C(OC=O)C1. The van der Waals surface area contributed by atoms with E-state index in [1.54, 1.807) is 0 Å². The van der Waals surface area contributed by atoms with Crippen LogP contribution < -0.4 is 0 Å². The first-order valence-corrected chi connectivity index (χ1v) is 4.32. The van der Waals surface area contributed by atoms with Crippen molar-refractivity contribution in [2.75, 3.05) is 0 Å². The fourth-order valence-electron chi connectivity index (χ4n) is 1.55. The molecule has 1 rings (SSSR count). The van der Waals surface area contributed by atoms with Gasteiger partial charge in [-0.2, -0.15) is 0 Å². The van der Waals surface area contributed by atoms with Crippen LogP contribution in [0.1, 0.15) is 33.6 Å². The van der Waals surface area contributed by atoms with Gasteiger partial charge in [0.1, 0.15) is 5.76 Å². The Bertz CT molecular complexity index is 198. The lowest BCUT2D eigenvalue weighted by Gasteiger charge is -2.29. The first-order valence-electron chi connectivity index (χ1n) is 4.32. The predicted octanol–water partition coefficient (Wildman–Crippen LogP) is 2.50. The van der Waals surface area contributed by atoms with Crippen LogP contribution in [-0.4, -0.2) is 6.47 Å². The highest BCUT2D eigenvalue weighted by Crippen LogP contribution is 2.35. The highest BCUT2D eigenvalue weighted by Gasteiger charge is 2.25. The number of rotatable bonds is 3. The summed E-state index contributed by atoms with van der Waals surface area (Å²) in [4.78, 5) is 9.94. The highest BCUT2D eigenvalue weighted by atomic mass is 16.5. The van der Waals surface area contributed by atoms with E-state index in [0.717, 1.165) is 12.2 Å². The topological polar surface area (TPSA) is 26.3 Å². The molecule has 2 nitrogen and oxygen atoms in total. The summed E-state index contributed by atoms with van der Waals surface area (Å²) in [6.07, 6.45) is 4.13. The highest BCUT2D eigenvalue weighted by molar-refractivity contribution is 5.41. The average Bonchev–Trinajstić information content (AvgIpc) is 1.80. The summed E-state index contributed by atoms with van der Waals surface area (Å²) in [6.45, 7) is 7.16. The molecule has 12 heavy (non-hydrogen) atoms. The van der Waals surface area contributed by atoms with Gasteiger partial charge in [0.05, 0.1) is 0 Å². The Kier molecular flexibility index (Phi) is 2.55. The van der Waals surface area contributed by atoms with Crippen LogP contribution in [0.5, 0.6) is 0 Å². The van der Waals surface area contributed by atoms with Crippen molar-refractivity contribution in [1.29, 1.82) is 0 Å². The summed E-state index contributed by atoms with van der Waals surface area (Å²) in [7, 11) is 0. The maximum atomic E-state index is 9.94. The number of hydrogen-bond acceptors (Lipinski definition) is 2. The number of carbonyl (C=O) groups is 1. The van der Waals surface area contributed by atoms with E-state index in [0.29, 0.717) is 17.8 Å². The molecule has 1 unspecified atom stereocenters. The van der Waals surface area contributed by atoms with Crippen molar-refractivity contribution in [2.45, 2.75) is 33.6 Å². The molecule has 0 saturated carbocycles. The van der Waals surface area contributed by atoms with Gasteiger partial charge in [0.15, 0.2) is 0 Å². The molecule has 0 spiro atoms. The Morgan fingerprint density at radius 2 is 2.25 bits per heavy atom. The van der Waals surface area contributed by atoms with E-state index in [2.05, 4.69) is 20.8 Å². The third-order valence-corrected chi connectivity index (χ3v) is 1.96. The van der Waals surface area contributed by atoms with E-state index >= 15 is 0 Å². The third kappa shape index (κ3) is 2.68. The fourth-order valence-corrected chi connectivity index (χ4v) is 1.55. The molecule has 1 aliphatic rings. The lowest BCUT2D eigenvalue weighted by molar-refractivity contribution is -0.125. The zero-order valence-corrected chi connectivity index (χ0v) is 7.96. The van der Waals surface area contributed by atoms with Gasteiger partial charge in [-0.3, -0.25) is 4.79 Å². The molecule has 1 atom stereocenters. The summed E-state index contributed by atoms with van der Waals surface area (Å²) in [6, 6.07) is 0. The number of carbonyl (C=O) groups excluding carboxylic acids is 1. The molecule has 1 aliphatic carbocycles. The molecule has 0 saturated heterocycles. The summed E-state index contributed by atoms with van der Waals surface area (Å²) in [5.41, 5.74) is 0.369. The monoisotopic (exact) mass is 168 g/mol. The van der Waals surface area contributed by atoms with Gasteiger partial charge in [-0.15, -0.1) is 0 Å². The molecule has 0 aromatic carbocycles. The molecule has 0 amide bonds. The van der Waals surface area contributed by atoms with E-state index in [9.17, 15) is 4.79 Å². The Morgan fingerprint density at radius 1 is 1.67 bits per heavy atom. The van der Waals surface area contributed by atoms with Crippen LogP contribution in [0.15, 0.2) is 11.8 Å². The van der Waals surface area contributed by atoms with E-state index < -0.39 is 0 Å². The van der Waals surface area contributed by atoms with Crippen LogP contribution in [0.2, 0.25) is 0 Å². The maximum absolute atomic E-state index is 9.94.